The number of hydrogen-bond acceptors (Lipinski definition) is 4. The zero-order valence-electron chi connectivity index (χ0n) is 12.1. The lowest BCUT2D eigenvalue weighted by atomic mass is 9.94. The molecule has 1 saturated heterocycles. The van der Waals surface area contributed by atoms with Gasteiger partial charge in [0.1, 0.15) is 11.9 Å². The third kappa shape index (κ3) is 3.90. The zero-order chi connectivity index (χ0) is 15.2. The molecule has 0 spiro atoms. The molecule has 1 aliphatic rings. The fourth-order valence-electron chi connectivity index (χ4n) is 2.72. The van der Waals surface area contributed by atoms with Crippen LogP contribution >= 0.6 is 0 Å². The molecule has 114 valence electrons. The van der Waals surface area contributed by atoms with Gasteiger partial charge in [-0.2, -0.15) is 0 Å². The van der Waals surface area contributed by atoms with E-state index in [9.17, 15) is 14.9 Å². The minimum atomic E-state index is -0.543. The summed E-state index contributed by atoms with van der Waals surface area (Å²) in [7, 11) is 0. The van der Waals surface area contributed by atoms with Crippen molar-refractivity contribution in [3.63, 3.8) is 0 Å². The number of anilines is 1. The molecule has 1 N–H and O–H groups in total. The maximum absolute atomic E-state index is 12.3. The number of nitro groups is 1. The number of nitrogens with zero attached hydrogens (tertiary/aromatic N) is 3. The van der Waals surface area contributed by atoms with Gasteiger partial charge in [0.05, 0.1) is 4.92 Å². The summed E-state index contributed by atoms with van der Waals surface area (Å²) in [5, 5.41) is 13.5. The van der Waals surface area contributed by atoms with Gasteiger partial charge < -0.3 is 10.2 Å². The standard InChI is InChI=1S/C14H20N4O3/c1-2-4-11-5-3-8-17(10-11)14(19)16-12-6-7-15-9-13(12)18(20)21/h6-7,9,11H,2-5,8,10H2,1H3,(H,15,16,19). The van der Waals surface area contributed by atoms with Crippen LogP contribution in [0.4, 0.5) is 16.2 Å². The van der Waals surface area contributed by atoms with Crippen molar-refractivity contribution in [3.8, 4) is 0 Å². The maximum Gasteiger partial charge on any atom is 0.322 e. The van der Waals surface area contributed by atoms with E-state index in [2.05, 4.69) is 17.2 Å². The number of rotatable bonds is 4. The zero-order valence-corrected chi connectivity index (χ0v) is 12.1. The largest absolute Gasteiger partial charge is 0.324 e. The molecule has 2 heterocycles. The lowest BCUT2D eigenvalue weighted by molar-refractivity contribution is -0.384. The molecular weight excluding hydrogens is 272 g/mol. The Kier molecular flexibility index (Phi) is 5.08. The van der Waals surface area contributed by atoms with Gasteiger partial charge in [0, 0.05) is 19.3 Å². The summed E-state index contributed by atoms with van der Waals surface area (Å²) in [5.41, 5.74) is 0.00517. The molecule has 7 nitrogen and oxygen atoms in total. The first-order valence-corrected chi connectivity index (χ1v) is 7.26. The van der Waals surface area contributed by atoms with E-state index in [-0.39, 0.29) is 17.4 Å². The monoisotopic (exact) mass is 292 g/mol. The number of urea groups is 1. The Hall–Kier alpha value is -2.18. The van der Waals surface area contributed by atoms with Gasteiger partial charge in [0.2, 0.25) is 0 Å². The summed E-state index contributed by atoms with van der Waals surface area (Å²) < 4.78 is 0. The molecule has 1 fully saturated rings. The predicted octanol–water partition coefficient (Wildman–Crippen LogP) is 3.03. The second-order valence-electron chi connectivity index (χ2n) is 5.32. The SMILES string of the molecule is CCCC1CCCN(C(=O)Nc2ccncc2[N+](=O)[O-])C1. The summed E-state index contributed by atoms with van der Waals surface area (Å²) in [6.07, 6.45) is 6.92. The quantitative estimate of drug-likeness (QED) is 0.682. The first-order chi connectivity index (χ1) is 10.1. The van der Waals surface area contributed by atoms with Gasteiger partial charge in [-0.15, -0.1) is 0 Å². The maximum atomic E-state index is 12.3. The molecule has 21 heavy (non-hydrogen) atoms. The average Bonchev–Trinajstić information content (AvgIpc) is 2.48. The van der Waals surface area contributed by atoms with E-state index in [0.29, 0.717) is 12.5 Å². The van der Waals surface area contributed by atoms with Crippen molar-refractivity contribution in [2.75, 3.05) is 18.4 Å². The number of nitrogens with one attached hydrogen (secondary N) is 1. The van der Waals surface area contributed by atoms with Gasteiger partial charge >= 0.3 is 11.7 Å². The number of pyridine rings is 1. The average molecular weight is 292 g/mol. The van der Waals surface area contributed by atoms with E-state index in [1.165, 1.54) is 12.3 Å². The molecule has 1 unspecified atom stereocenters. The highest BCUT2D eigenvalue weighted by molar-refractivity contribution is 5.91. The molecule has 2 rings (SSSR count). The molecule has 1 aliphatic heterocycles. The van der Waals surface area contributed by atoms with Crippen LogP contribution in [0.3, 0.4) is 0 Å². The normalized spacial score (nSPS) is 18.3. The van der Waals surface area contributed by atoms with Crippen LogP contribution in [0.2, 0.25) is 0 Å². The second-order valence-corrected chi connectivity index (χ2v) is 5.32. The van der Waals surface area contributed by atoms with Crippen LogP contribution in [0.5, 0.6) is 0 Å². The second kappa shape index (κ2) is 7.01. The Morgan fingerprint density at radius 3 is 3.14 bits per heavy atom. The molecule has 1 atom stereocenters. The summed E-state index contributed by atoms with van der Waals surface area (Å²) in [4.78, 5) is 28.1. The van der Waals surface area contributed by atoms with E-state index in [4.69, 9.17) is 0 Å². The predicted molar refractivity (Wildman–Crippen MR) is 79.1 cm³/mol. The Morgan fingerprint density at radius 2 is 2.43 bits per heavy atom. The Balaban J connectivity index is 2.03. The van der Waals surface area contributed by atoms with Crippen LogP contribution in [-0.2, 0) is 0 Å². The summed E-state index contributed by atoms with van der Waals surface area (Å²) in [6.45, 7) is 3.56. The molecule has 1 aromatic rings. The van der Waals surface area contributed by atoms with Crippen molar-refractivity contribution in [1.82, 2.24) is 9.88 Å². The first-order valence-electron chi connectivity index (χ1n) is 7.26. The molecule has 0 bridgehead atoms. The van der Waals surface area contributed by atoms with Crippen molar-refractivity contribution in [3.05, 3.63) is 28.6 Å². The highest BCUT2D eigenvalue weighted by Gasteiger charge is 2.24. The number of carbonyl (C=O) groups is 1. The van der Waals surface area contributed by atoms with Crippen LogP contribution in [0, 0.1) is 16.0 Å². The van der Waals surface area contributed by atoms with E-state index < -0.39 is 4.92 Å². The Bertz CT molecular complexity index is 519. The summed E-state index contributed by atoms with van der Waals surface area (Å²) in [6, 6.07) is 1.17. The van der Waals surface area contributed by atoms with Gasteiger partial charge in [-0.25, -0.2) is 4.79 Å². The lowest BCUT2D eigenvalue weighted by Crippen LogP contribution is -2.42. The Morgan fingerprint density at radius 1 is 1.62 bits per heavy atom. The molecule has 0 aliphatic carbocycles. The smallest absolute Gasteiger partial charge is 0.322 e. The van der Waals surface area contributed by atoms with Crippen LogP contribution in [0.1, 0.15) is 32.6 Å². The number of carbonyl (C=O) groups excluding carboxylic acids is 1. The van der Waals surface area contributed by atoms with E-state index >= 15 is 0 Å². The molecule has 1 aromatic heterocycles. The minimum absolute atomic E-state index is 0.187. The number of piperidine rings is 1. The van der Waals surface area contributed by atoms with E-state index in [0.717, 1.165) is 38.4 Å². The lowest BCUT2D eigenvalue weighted by Gasteiger charge is -2.32. The molecule has 0 radical (unpaired) electrons. The third-order valence-electron chi connectivity index (χ3n) is 3.74. The van der Waals surface area contributed by atoms with E-state index in [1.807, 2.05) is 0 Å². The fraction of sp³-hybridized carbons (Fsp3) is 0.571. The number of aromatic nitrogens is 1. The minimum Gasteiger partial charge on any atom is -0.324 e. The molecule has 7 heteroatoms. The molecular formula is C14H20N4O3. The highest BCUT2D eigenvalue weighted by atomic mass is 16.6. The van der Waals surface area contributed by atoms with Gasteiger partial charge in [-0.3, -0.25) is 15.1 Å². The van der Waals surface area contributed by atoms with Gasteiger partial charge in [0.15, 0.2) is 0 Å². The van der Waals surface area contributed by atoms with Crippen molar-refractivity contribution >= 4 is 17.4 Å². The summed E-state index contributed by atoms with van der Waals surface area (Å²) in [5.74, 6) is 0.530. The van der Waals surface area contributed by atoms with E-state index in [1.54, 1.807) is 4.90 Å². The van der Waals surface area contributed by atoms with Crippen LogP contribution < -0.4 is 5.32 Å². The fourth-order valence-corrected chi connectivity index (χ4v) is 2.72. The van der Waals surface area contributed by atoms with Gasteiger partial charge in [0.25, 0.3) is 0 Å². The van der Waals surface area contributed by atoms with Gasteiger partial charge in [-0.05, 0) is 31.2 Å². The van der Waals surface area contributed by atoms with Crippen LogP contribution in [0.15, 0.2) is 18.5 Å². The molecule has 0 aromatic carbocycles. The van der Waals surface area contributed by atoms with Crippen molar-refractivity contribution in [2.24, 2.45) is 5.92 Å². The van der Waals surface area contributed by atoms with Crippen LogP contribution in [-0.4, -0.2) is 33.9 Å². The molecule has 2 amide bonds. The number of amides is 2. The van der Waals surface area contributed by atoms with Crippen molar-refractivity contribution in [2.45, 2.75) is 32.6 Å². The summed E-state index contributed by atoms with van der Waals surface area (Å²) >= 11 is 0. The topological polar surface area (TPSA) is 88.4 Å². The third-order valence-corrected chi connectivity index (χ3v) is 3.74. The highest BCUT2D eigenvalue weighted by Crippen LogP contribution is 2.24. The van der Waals surface area contributed by atoms with Gasteiger partial charge in [-0.1, -0.05) is 13.3 Å². The number of hydrogen-bond donors (Lipinski definition) is 1. The van der Waals surface area contributed by atoms with Crippen LogP contribution in [0.25, 0.3) is 0 Å². The first kappa shape index (κ1) is 15.2. The van der Waals surface area contributed by atoms with Crippen molar-refractivity contribution in [1.29, 1.82) is 0 Å². The van der Waals surface area contributed by atoms with Crippen molar-refractivity contribution < 1.29 is 9.72 Å². The Labute approximate surface area is 123 Å². The molecule has 0 saturated carbocycles. The number of likely N-dealkylation sites (tertiary alicyclic amines) is 1.